The monoisotopic (exact) mass is 291 g/mol. The van der Waals surface area contributed by atoms with Gasteiger partial charge in [-0.3, -0.25) is 0 Å². The van der Waals surface area contributed by atoms with E-state index in [4.69, 9.17) is 4.74 Å². The number of ether oxygens (including phenoxy) is 1. The third kappa shape index (κ3) is 4.02. The normalized spacial score (nSPS) is 12.5. The van der Waals surface area contributed by atoms with Crippen molar-refractivity contribution in [2.45, 2.75) is 24.3 Å². The number of nitrogens with zero attached hydrogens (tertiary/aromatic N) is 1. The fraction of sp³-hybridized carbons (Fsp3) is 0.400. The lowest BCUT2D eigenvalue weighted by molar-refractivity contribution is 0.340. The van der Waals surface area contributed by atoms with E-state index in [-0.39, 0.29) is 0 Å². The fourth-order valence-electron chi connectivity index (χ4n) is 1.90. The van der Waals surface area contributed by atoms with Crippen LogP contribution in [0.2, 0.25) is 0 Å². The van der Waals surface area contributed by atoms with Gasteiger partial charge in [-0.1, -0.05) is 24.8 Å². The lowest BCUT2D eigenvalue weighted by Gasteiger charge is -2.08. The Labute approximate surface area is 124 Å². The van der Waals surface area contributed by atoms with E-state index in [0.29, 0.717) is 11.9 Å². The van der Waals surface area contributed by atoms with Crippen LogP contribution >= 0.6 is 11.8 Å². The smallest absolute Gasteiger partial charge is 0.166 e. The number of hydrogen-bond donors (Lipinski definition) is 2. The minimum absolute atomic E-state index is 0.446. The fourth-order valence-corrected chi connectivity index (χ4v) is 2.80. The Balaban J connectivity index is 2.01. The molecular weight excluding hydrogens is 270 g/mol. The third-order valence-electron chi connectivity index (χ3n) is 2.78. The predicted molar refractivity (Wildman–Crippen MR) is 85.6 cm³/mol. The van der Waals surface area contributed by atoms with E-state index in [1.807, 2.05) is 31.2 Å². The summed E-state index contributed by atoms with van der Waals surface area (Å²) in [6, 6.07) is 5.94. The highest BCUT2D eigenvalue weighted by Crippen LogP contribution is 2.25. The first-order chi connectivity index (χ1) is 9.72. The van der Waals surface area contributed by atoms with Crippen molar-refractivity contribution in [1.29, 1.82) is 0 Å². The Morgan fingerprint density at radius 3 is 3.15 bits per heavy atom. The summed E-state index contributed by atoms with van der Waals surface area (Å²) in [4.78, 5) is 7.93. The van der Waals surface area contributed by atoms with Crippen molar-refractivity contribution in [2.24, 2.45) is 0 Å². The molecule has 1 aromatic heterocycles. The van der Waals surface area contributed by atoms with Crippen LogP contribution in [-0.4, -0.2) is 34.9 Å². The Kier molecular flexibility index (Phi) is 5.49. The maximum Gasteiger partial charge on any atom is 0.166 e. The van der Waals surface area contributed by atoms with Crippen LogP contribution in [0.25, 0.3) is 11.0 Å². The number of aromatic nitrogens is 2. The second-order valence-electron chi connectivity index (χ2n) is 4.53. The lowest BCUT2D eigenvalue weighted by Crippen LogP contribution is -2.22. The van der Waals surface area contributed by atoms with Crippen molar-refractivity contribution in [3.8, 4) is 5.75 Å². The quantitative estimate of drug-likeness (QED) is 0.445. The molecule has 1 unspecified atom stereocenters. The number of hydrogen-bond acceptors (Lipinski definition) is 4. The molecule has 108 valence electrons. The molecule has 0 aliphatic carbocycles. The van der Waals surface area contributed by atoms with E-state index in [9.17, 15) is 0 Å². The standard InChI is InChI=1S/C15H21N3OS/c1-4-8-16-10-11(3)20-15-17-13-7-6-12(19-5-2)9-14(13)18-15/h4,6-7,9,11,16H,1,5,8,10H2,2-3H3,(H,17,18). The van der Waals surface area contributed by atoms with Crippen LogP contribution in [0.15, 0.2) is 36.0 Å². The van der Waals surface area contributed by atoms with Crippen LogP contribution in [0, 0.1) is 0 Å². The molecule has 0 spiro atoms. The van der Waals surface area contributed by atoms with Gasteiger partial charge < -0.3 is 15.0 Å². The third-order valence-corrected chi connectivity index (χ3v) is 3.76. The van der Waals surface area contributed by atoms with Gasteiger partial charge in [-0.15, -0.1) is 6.58 Å². The van der Waals surface area contributed by atoms with Gasteiger partial charge in [0.05, 0.1) is 17.6 Å². The molecule has 0 saturated carbocycles. The minimum Gasteiger partial charge on any atom is -0.494 e. The SMILES string of the molecule is C=CCNCC(C)Sc1nc2ccc(OCC)cc2[nH]1. The van der Waals surface area contributed by atoms with E-state index in [1.165, 1.54) is 0 Å². The summed E-state index contributed by atoms with van der Waals surface area (Å²) in [6.45, 7) is 10.3. The number of rotatable bonds is 8. The summed E-state index contributed by atoms with van der Waals surface area (Å²) in [5, 5.41) is 4.71. The molecule has 1 aromatic carbocycles. The van der Waals surface area contributed by atoms with Crippen molar-refractivity contribution >= 4 is 22.8 Å². The van der Waals surface area contributed by atoms with Crippen LogP contribution in [0.5, 0.6) is 5.75 Å². The summed E-state index contributed by atoms with van der Waals surface area (Å²) in [5.74, 6) is 0.876. The van der Waals surface area contributed by atoms with Gasteiger partial charge in [-0.05, 0) is 19.1 Å². The van der Waals surface area contributed by atoms with Gasteiger partial charge in [0.2, 0.25) is 0 Å². The molecule has 2 aromatic rings. The van der Waals surface area contributed by atoms with Crippen molar-refractivity contribution in [3.63, 3.8) is 0 Å². The van der Waals surface area contributed by atoms with Gasteiger partial charge in [0, 0.05) is 24.4 Å². The Morgan fingerprint density at radius 1 is 1.55 bits per heavy atom. The van der Waals surface area contributed by atoms with Gasteiger partial charge in [0.15, 0.2) is 5.16 Å². The van der Waals surface area contributed by atoms with E-state index >= 15 is 0 Å². The first-order valence-corrected chi connectivity index (χ1v) is 7.71. The number of fused-ring (bicyclic) bond motifs is 1. The van der Waals surface area contributed by atoms with Crippen molar-refractivity contribution in [3.05, 3.63) is 30.9 Å². The van der Waals surface area contributed by atoms with E-state index in [2.05, 4.69) is 28.8 Å². The second kappa shape index (κ2) is 7.36. The molecule has 4 nitrogen and oxygen atoms in total. The molecule has 0 radical (unpaired) electrons. The average Bonchev–Trinajstić information content (AvgIpc) is 2.80. The number of nitrogens with one attached hydrogen (secondary N) is 2. The van der Waals surface area contributed by atoms with E-state index in [1.54, 1.807) is 11.8 Å². The summed E-state index contributed by atoms with van der Waals surface area (Å²) in [6.07, 6.45) is 1.87. The molecule has 2 rings (SSSR count). The number of H-pyrrole nitrogens is 1. The molecule has 20 heavy (non-hydrogen) atoms. The Morgan fingerprint density at radius 2 is 2.40 bits per heavy atom. The first kappa shape index (κ1) is 14.9. The Hall–Kier alpha value is -1.46. The Bertz CT molecular complexity index is 567. The molecule has 1 atom stereocenters. The molecule has 0 saturated heterocycles. The molecule has 1 heterocycles. The van der Waals surface area contributed by atoms with Crippen molar-refractivity contribution < 1.29 is 4.74 Å². The van der Waals surface area contributed by atoms with Crippen molar-refractivity contribution in [1.82, 2.24) is 15.3 Å². The van der Waals surface area contributed by atoms with Gasteiger partial charge in [-0.2, -0.15) is 0 Å². The molecule has 0 aliphatic heterocycles. The molecule has 0 amide bonds. The molecule has 2 N–H and O–H groups in total. The number of imidazole rings is 1. The summed E-state index contributed by atoms with van der Waals surface area (Å²) in [7, 11) is 0. The lowest BCUT2D eigenvalue weighted by atomic mass is 10.3. The largest absolute Gasteiger partial charge is 0.494 e. The molecule has 0 aliphatic rings. The molecular formula is C15H21N3OS. The predicted octanol–water partition coefficient (Wildman–Crippen LogP) is 3.22. The summed E-state index contributed by atoms with van der Waals surface area (Å²) >= 11 is 1.73. The number of benzene rings is 1. The number of thioether (sulfide) groups is 1. The summed E-state index contributed by atoms with van der Waals surface area (Å²) in [5.41, 5.74) is 1.99. The van der Waals surface area contributed by atoms with Crippen LogP contribution in [-0.2, 0) is 0 Å². The maximum absolute atomic E-state index is 5.50. The zero-order valence-electron chi connectivity index (χ0n) is 12.0. The highest BCUT2D eigenvalue weighted by molar-refractivity contribution is 7.99. The molecule has 0 bridgehead atoms. The zero-order chi connectivity index (χ0) is 14.4. The highest BCUT2D eigenvalue weighted by Gasteiger charge is 2.09. The van der Waals surface area contributed by atoms with Crippen LogP contribution < -0.4 is 10.1 Å². The molecule has 5 heteroatoms. The van der Waals surface area contributed by atoms with Crippen LogP contribution in [0.3, 0.4) is 0 Å². The summed E-state index contributed by atoms with van der Waals surface area (Å²) < 4.78 is 5.50. The topological polar surface area (TPSA) is 49.9 Å². The minimum atomic E-state index is 0.446. The zero-order valence-corrected chi connectivity index (χ0v) is 12.8. The highest BCUT2D eigenvalue weighted by atomic mass is 32.2. The first-order valence-electron chi connectivity index (χ1n) is 6.83. The van der Waals surface area contributed by atoms with E-state index in [0.717, 1.165) is 35.0 Å². The van der Waals surface area contributed by atoms with Crippen LogP contribution in [0.4, 0.5) is 0 Å². The second-order valence-corrected chi connectivity index (χ2v) is 5.96. The average molecular weight is 291 g/mol. The number of aromatic amines is 1. The van der Waals surface area contributed by atoms with Gasteiger partial charge in [0.25, 0.3) is 0 Å². The van der Waals surface area contributed by atoms with Crippen molar-refractivity contribution in [2.75, 3.05) is 19.7 Å². The maximum atomic E-state index is 5.50. The van der Waals surface area contributed by atoms with Gasteiger partial charge in [0.1, 0.15) is 5.75 Å². The van der Waals surface area contributed by atoms with Gasteiger partial charge in [-0.25, -0.2) is 4.98 Å². The van der Waals surface area contributed by atoms with Crippen LogP contribution in [0.1, 0.15) is 13.8 Å². The van der Waals surface area contributed by atoms with E-state index < -0.39 is 0 Å². The molecule has 0 fully saturated rings. The van der Waals surface area contributed by atoms with Gasteiger partial charge >= 0.3 is 0 Å².